The molecule has 0 aliphatic carbocycles. The molecule has 1 fully saturated rings. The number of methoxy groups -OCH3 is 1. The summed E-state index contributed by atoms with van der Waals surface area (Å²) in [5.41, 5.74) is 1.06. The Morgan fingerprint density at radius 2 is 2.05 bits per heavy atom. The summed E-state index contributed by atoms with van der Waals surface area (Å²) in [5.74, 6) is -0.141. The van der Waals surface area contributed by atoms with Gasteiger partial charge in [-0.25, -0.2) is 0 Å². The minimum atomic E-state index is -0.899. The van der Waals surface area contributed by atoms with Crippen molar-refractivity contribution in [1.29, 1.82) is 0 Å². The third kappa shape index (κ3) is 3.84. The highest BCUT2D eigenvalue weighted by Crippen LogP contribution is 2.26. The van der Waals surface area contributed by atoms with Gasteiger partial charge in [-0.2, -0.15) is 0 Å². The Hall–Kier alpha value is -1.47. The maximum Gasteiger partial charge on any atom is 0.219 e. The number of benzene rings is 1. The summed E-state index contributed by atoms with van der Waals surface area (Å²) < 4.78 is 16.4. The number of nitrogens with zero attached hydrogens (tertiary/aromatic N) is 1. The Morgan fingerprint density at radius 1 is 1.36 bits per heavy atom. The maximum absolute atomic E-state index is 11.6. The molecule has 6 heteroatoms. The van der Waals surface area contributed by atoms with E-state index in [1.807, 2.05) is 30.3 Å². The van der Waals surface area contributed by atoms with Crippen molar-refractivity contribution in [2.75, 3.05) is 20.8 Å². The highest BCUT2D eigenvalue weighted by Gasteiger charge is 2.46. The van der Waals surface area contributed by atoms with Crippen LogP contribution in [0, 0.1) is 0 Å². The number of carbonyl (C=O) groups is 1. The molecular weight excluding hydrogens is 286 g/mol. The molecule has 122 valence electrons. The zero-order valence-corrected chi connectivity index (χ0v) is 13.1. The van der Waals surface area contributed by atoms with Gasteiger partial charge in [-0.1, -0.05) is 30.3 Å². The molecule has 1 amide bonds. The highest BCUT2D eigenvalue weighted by atomic mass is 16.7. The van der Waals surface area contributed by atoms with Gasteiger partial charge >= 0.3 is 0 Å². The predicted octanol–water partition coefficient (Wildman–Crippen LogP) is 0.782. The Labute approximate surface area is 130 Å². The number of rotatable bonds is 6. The molecule has 0 saturated carbocycles. The minimum Gasteiger partial charge on any atom is -0.386 e. The van der Waals surface area contributed by atoms with Crippen LogP contribution < -0.4 is 0 Å². The molecule has 1 saturated heterocycles. The van der Waals surface area contributed by atoms with Crippen molar-refractivity contribution >= 4 is 5.91 Å². The fraction of sp³-hybridized carbons (Fsp3) is 0.562. The first-order valence-electron chi connectivity index (χ1n) is 7.26. The lowest BCUT2D eigenvalue weighted by Gasteiger charge is -2.29. The number of ether oxygens (including phenoxy) is 3. The second-order valence-corrected chi connectivity index (χ2v) is 5.39. The summed E-state index contributed by atoms with van der Waals surface area (Å²) >= 11 is 0. The topological polar surface area (TPSA) is 68.2 Å². The SMILES string of the molecule is CO[C@@H]1O[C@@H](COCc2ccccc2)[C@H](N(C)C(C)=O)[C@H]1O. The van der Waals surface area contributed by atoms with E-state index in [4.69, 9.17) is 14.2 Å². The van der Waals surface area contributed by atoms with E-state index in [9.17, 15) is 9.90 Å². The van der Waals surface area contributed by atoms with Crippen LogP contribution >= 0.6 is 0 Å². The standard InChI is InChI=1S/C16H23NO5/c1-11(18)17(2)14-13(22-16(20-3)15(14)19)10-21-9-12-7-5-4-6-8-12/h4-8,13-16,19H,9-10H2,1-3H3/t13-,14-,15+,16+/m0/s1. The number of hydrogen-bond acceptors (Lipinski definition) is 5. The lowest BCUT2D eigenvalue weighted by molar-refractivity contribution is -0.156. The third-order valence-corrected chi connectivity index (χ3v) is 3.89. The van der Waals surface area contributed by atoms with E-state index >= 15 is 0 Å². The van der Waals surface area contributed by atoms with Crippen molar-refractivity contribution in [2.45, 2.75) is 38.1 Å². The van der Waals surface area contributed by atoms with Crippen molar-refractivity contribution in [3.8, 4) is 0 Å². The van der Waals surface area contributed by atoms with Gasteiger partial charge in [-0.15, -0.1) is 0 Å². The largest absolute Gasteiger partial charge is 0.386 e. The fourth-order valence-corrected chi connectivity index (χ4v) is 2.60. The molecule has 1 aliphatic rings. The van der Waals surface area contributed by atoms with Crippen molar-refractivity contribution in [3.05, 3.63) is 35.9 Å². The summed E-state index contributed by atoms with van der Waals surface area (Å²) in [7, 11) is 3.10. The molecule has 0 bridgehead atoms. The summed E-state index contributed by atoms with van der Waals surface area (Å²) in [6.07, 6.45) is -2.08. The number of likely N-dealkylation sites (N-methyl/N-ethyl adjacent to an activating group) is 1. The van der Waals surface area contributed by atoms with Gasteiger partial charge in [-0.05, 0) is 5.56 Å². The van der Waals surface area contributed by atoms with Gasteiger partial charge in [0.15, 0.2) is 6.29 Å². The Bertz CT molecular complexity index is 481. The third-order valence-electron chi connectivity index (χ3n) is 3.89. The van der Waals surface area contributed by atoms with Crippen molar-refractivity contribution in [2.24, 2.45) is 0 Å². The maximum atomic E-state index is 11.6. The smallest absolute Gasteiger partial charge is 0.219 e. The molecule has 0 radical (unpaired) electrons. The van der Waals surface area contributed by atoms with Gasteiger partial charge in [0.05, 0.1) is 19.3 Å². The molecule has 1 aromatic rings. The number of aliphatic hydroxyl groups excluding tert-OH is 1. The van der Waals surface area contributed by atoms with Crippen molar-refractivity contribution in [3.63, 3.8) is 0 Å². The van der Waals surface area contributed by atoms with E-state index in [0.717, 1.165) is 5.56 Å². The van der Waals surface area contributed by atoms with E-state index < -0.39 is 24.5 Å². The fourth-order valence-electron chi connectivity index (χ4n) is 2.60. The molecule has 1 heterocycles. The Kier molecular flexibility index (Phi) is 5.90. The van der Waals surface area contributed by atoms with E-state index in [-0.39, 0.29) is 12.5 Å². The van der Waals surface area contributed by atoms with Crippen LogP contribution in [0.4, 0.5) is 0 Å². The van der Waals surface area contributed by atoms with E-state index in [2.05, 4.69) is 0 Å². The average Bonchev–Trinajstić information content (AvgIpc) is 2.83. The molecule has 1 aromatic carbocycles. The summed E-state index contributed by atoms with van der Waals surface area (Å²) in [5, 5.41) is 10.3. The second kappa shape index (κ2) is 7.69. The first kappa shape index (κ1) is 16.9. The average molecular weight is 309 g/mol. The molecule has 1 N–H and O–H groups in total. The number of amides is 1. The number of hydrogen-bond donors (Lipinski definition) is 1. The Morgan fingerprint density at radius 3 is 2.64 bits per heavy atom. The second-order valence-electron chi connectivity index (χ2n) is 5.39. The molecular formula is C16H23NO5. The van der Waals surface area contributed by atoms with Gasteiger partial charge in [0.1, 0.15) is 12.2 Å². The van der Waals surface area contributed by atoms with Gasteiger partial charge in [-0.3, -0.25) is 4.79 Å². The van der Waals surface area contributed by atoms with Crippen molar-refractivity contribution < 1.29 is 24.1 Å². The molecule has 6 nitrogen and oxygen atoms in total. The monoisotopic (exact) mass is 309 g/mol. The van der Waals surface area contributed by atoms with E-state index in [1.165, 1.54) is 18.9 Å². The van der Waals surface area contributed by atoms with Crippen LogP contribution in [-0.2, 0) is 25.6 Å². The first-order valence-corrected chi connectivity index (χ1v) is 7.26. The zero-order valence-electron chi connectivity index (χ0n) is 13.1. The zero-order chi connectivity index (χ0) is 16.1. The van der Waals surface area contributed by atoms with Crippen molar-refractivity contribution in [1.82, 2.24) is 4.90 Å². The highest BCUT2D eigenvalue weighted by molar-refractivity contribution is 5.73. The van der Waals surface area contributed by atoms with Gasteiger partial charge in [0.25, 0.3) is 0 Å². The minimum absolute atomic E-state index is 0.141. The molecule has 22 heavy (non-hydrogen) atoms. The molecule has 0 aromatic heterocycles. The van der Waals surface area contributed by atoms with E-state index in [0.29, 0.717) is 6.61 Å². The number of aliphatic hydroxyl groups is 1. The van der Waals surface area contributed by atoms with Gasteiger partial charge in [0.2, 0.25) is 5.91 Å². The lowest BCUT2D eigenvalue weighted by atomic mass is 10.1. The van der Waals surface area contributed by atoms with Crippen LogP contribution in [0.25, 0.3) is 0 Å². The number of carbonyl (C=O) groups excluding carboxylic acids is 1. The van der Waals surface area contributed by atoms with Crippen LogP contribution in [0.5, 0.6) is 0 Å². The van der Waals surface area contributed by atoms with Crippen LogP contribution in [0.3, 0.4) is 0 Å². The van der Waals surface area contributed by atoms with Crippen LogP contribution in [0.2, 0.25) is 0 Å². The predicted molar refractivity (Wildman–Crippen MR) is 80.0 cm³/mol. The molecule has 0 spiro atoms. The lowest BCUT2D eigenvalue weighted by Crippen LogP contribution is -2.49. The van der Waals surface area contributed by atoms with Crippen LogP contribution in [-0.4, -0.2) is 61.2 Å². The van der Waals surface area contributed by atoms with Gasteiger partial charge in [0, 0.05) is 21.1 Å². The quantitative estimate of drug-likeness (QED) is 0.841. The normalized spacial score (nSPS) is 27.8. The van der Waals surface area contributed by atoms with Gasteiger partial charge < -0.3 is 24.2 Å². The van der Waals surface area contributed by atoms with E-state index in [1.54, 1.807) is 7.05 Å². The summed E-state index contributed by atoms with van der Waals surface area (Å²) in [6.45, 7) is 2.17. The molecule has 1 aliphatic heterocycles. The first-order chi connectivity index (χ1) is 10.5. The molecule has 0 unspecified atom stereocenters. The Balaban J connectivity index is 1.96. The van der Waals surface area contributed by atoms with Crippen LogP contribution in [0.1, 0.15) is 12.5 Å². The molecule has 4 atom stereocenters. The summed E-state index contributed by atoms with van der Waals surface area (Å²) in [6, 6.07) is 9.30. The van der Waals surface area contributed by atoms with Crippen LogP contribution in [0.15, 0.2) is 30.3 Å². The summed E-state index contributed by atoms with van der Waals surface area (Å²) in [4.78, 5) is 13.1. The molecule has 2 rings (SSSR count).